The van der Waals surface area contributed by atoms with Crippen LogP contribution in [-0.4, -0.2) is 10.0 Å². The summed E-state index contributed by atoms with van der Waals surface area (Å²) < 4.78 is 43.7. The summed E-state index contributed by atoms with van der Waals surface area (Å²) in [6.45, 7) is -0.209. The lowest BCUT2D eigenvalue weighted by molar-refractivity contribution is -0.385. The molecule has 0 saturated heterocycles. The number of nitro benzene ring substituents is 1. The number of ether oxygens (including phenoxy) is 1. The molecular weight excluding hydrogens is 383 g/mol. The molecule has 0 saturated carbocycles. The van der Waals surface area contributed by atoms with E-state index in [0.717, 1.165) is 6.07 Å². The third kappa shape index (κ3) is 3.99. The lowest BCUT2D eigenvalue weighted by Gasteiger charge is -2.11. The highest BCUT2D eigenvalue weighted by atomic mass is 79.9. The SMILES string of the molecule is O=[N+]([O-])c1cc(C(F)(F)F)ccc1Oc1ccc(CO)cc1Br. The molecule has 0 aliphatic rings. The van der Waals surface area contributed by atoms with Crippen LogP contribution < -0.4 is 4.74 Å². The number of aliphatic hydroxyl groups is 1. The van der Waals surface area contributed by atoms with Crippen molar-refractivity contribution in [2.45, 2.75) is 12.8 Å². The number of aliphatic hydroxyl groups excluding tert-OH is 1. The van der Waals surface area contributed by atoms with Crippen LogP contribution in [0.2, 0.25) is 0 Å². The van der Waals surface area contributed by atoms with Gasteiger partial charge >= 0.3 is 11.9 Å². The third-order valence-electron chi connectivity index (χ3n) is 2.88. The number of hydrogen-bond donors (Lipinski definition) is 1. The van der Waals surface area contributed by atoms with Gasteiger partial charge in [0.05, 0.1) is 21.6 Å². The van der Waals surface area contributed by atoms with E-state index >= 15 is 0 Å². The van der Waals surface area contributed by atoms with E-state index < -0.39 is 22.4 Å². The van der Waals surface area contributed by atoms with Crippen molar-refractivity contribution in [3.05, 3.63) is 62.1 Å². The molecule has 9 heteroatoms. The smallest absolute Gasteiger partial charge is 0.416 e. The monoisotopic (exact) mass is 391 g/mol. The van der Waals surface area contributed by atoms with E-state index in [9.17, 15) is 23.3 Å². The molecule has 0 aliphatic heterocycles. The van der Waals surface area contributed by atoms with E-state index in [4.69, 9.17) is 9.84 Å². The number of benzene rings is 2. The molecule has 0 aliphatic carbocycles. The molecule has 0 bridgehead atoms. The van der Waals surface area contributed by atoms with E-state index in [1.807, 2.05) is 0 Å². The van der Waals surface area contributed by atoms with Gasteiger partial charge in [-0.15, -0.1) is 0 Å². The second kappa shape index (κ2) is 6.55. The van der Waals surface area contributed by atoms with Gasteiger partial charge in [-0.1, -0.05) is 6.07 Å². The van der Waals surface area contributed by atoms with Gasteiger partial charge in [0.15, 0.2) is 0 Å². The van der Waals surface area contributed by atoms with Gasteiger partial charge in [-0.25, -0.2) is 0 Å². The van der Waals surface area contributed by atoms with Crippen LogP contribution in [0.25, 0.3) is 0 Å². The van der Waals surface area contributed by atoms with Crippen LogP contribution in [-0.2, 0) is 12.8 Å². The first-order valence-corrected chi connectivity index (χ1v) is 6.94. The summed E-state index contributed by atoms with van der Waals surface area (Å²) in [4.78, 5) is 10.0. The summed E-state index contributed by atoms with van der Waals surface area (Å²) in [6, 6.07) is 6.52. The lowest BCUT2D eigenvalue weighted by atomic mass is 10.2. The van der Waals surface area contributed by atoms with E-state index in [1.165, 1.54) is 18.2 Å². The van der Waals surface area contributed by atoms with Crippen LogP contribution in [0.15, 0.2) is 40.9 Å². The fourth-order valence-electron chi connectivity index (χ4n) is 1.77. The van der Waals surface area contributed by atoms with Crippen molar-refractivity contribution in [1.82, 2.24) is 0 Å². The molecule has 0 atom stereocenters. The molecule has 0 spiro atoms. The molecule has 2 aromatic rings. The highest BCUT2D eigenvalue weighted by molar-refractivity contribution is 9.10. The average molecular weight is 392 g/mol. The molecule has 0 radical (unpaired) electrons. The minimum absolute atomic E-state index is 0.171. The van der Waals surface area contributed by atoms with Crippen LogP contribution in [0.3, 0.4) is 0 Å². The predicted molar refractivity (Wildman–Crippen MR) is 78.2 cm³/mol. The quantitative estimate of drug-likeness (QED) is 0.607. The number of rotatable bonds is 4. The standard InChI is InChI=1S/C14H9BrF3NO4/c15-10-5-8(7-20)1-3-12(10)23-13-4-2-9(14(16,17)18)6-11(13)19(21)22/h1-6,20H,7H2. The molecule has 23 heavy (non-hydrogen) atoms. The van der Waals surface area contributed by atoms with Crippen molar-refractivity contribution in [1.29, 1.82) is 0 Å². The first-order valence-electron chi connectivity index (χ1n) is 6.15. The van der Waals surface area contributed by atoms with E-state index in [0.29, 0.717) is 22.2 Å². The summed E-state index contributed by atoms with van der Waals surface area (Å²) in [5, 5.41) is 20.0. The van der Waals surface area contributed by atoms with Crippen molar-refractivity contribution >= 4 is 21.6 Å². The third-order valence-corrected chi connectivity index (χ3v) is 3.50. The zero-order valence-electron chi connectivity index (χ0n) is 11.3. The molecular formula is C14H9BrF3NO4. The average Bonchev–Trinajstić information content (AvgIpc) is 2.48. The molecule has 0 heterocycles. The van der Waals surface area contributed by atoms with Crippen LogP contribution in [0.5, 0.6) is 11.5 Å². The molecule has 2 rings (SSSR count). The molecule has 0 amide bonds. The van der Waals surface area contributed by atoms with Gasteiger partial charge in [0.1, 0.15) is 5.75 Å². The maximum absolute atomic E-state index is 12.6. The summed E-state index contributed by atoms with van der Waals surface area (Å²) in [5.41, 5.74) is -1.35. The Balaban J connectivity index is 2.42. The van der Waals surface area contributed by atoms with Crippen LogP contribution in [0.1, 0.15) is 11.1 Å². The van der Waals surface area contributed by atoms with Gasteiger partial charge in [0.2, 0.25) is 5.75 Å². The molecule has 1 N–H and O–H groups in total. The summed E-state index contributed by atoms with van der Waals surface area (Å²) in [7, 11) is 0. The Labute approximate surface area is 136 Å². The molecule has 2 aromatic carbocycles. The fraction of sp³-hybridized carbons (Fsp3) is 0.143. The van der Waals surface area contributed by atoms with Crippen LogP contribution >= 0.6 is 15.9 Å². The zero-order chi connectivity index (χ0) is 17.2. The topological polar surface area (TPSA) is 72.6 Å². The van der Waals surface area contributed by atoms with E-state index in [1.54, 1.807) is 0 Å². The Kier molecular flexibility index (Phi) is 4.90. The number of alkyl halides is 3. The second-order valence-corrected chi connectivity index (χ2v) is 5.32. The molecule has 0 aromatic heterocycles. The Morgan fingerprint density at radius 1 is 1.17 bits per heavy atom. The van der Waals surface area contributed by atoms with Crippen molar-refractivity contribution < 1.29 is 27.9 Å². The summed E-state index contributed by atoms with van der Waals surface area (Å²) in [5.74, 6) is -0.148. The molecule has 122 valence electrons. The first kappa shape index (κ1) is 17.2. The minimum Gasteiger partial charge on any atom is -0.449 e. The van der Waals surface area contributed by atoms with Gasteiger partial charge in [0, 0.05) is 6.07 Å². The largest absolute Gasteiger partial charge is 0.449 e. The highest BCUT2D eigenvalue weighted by Gasteiger charge is 2.33. The molecule has 5 nitrogen and oxygen atoms in total. The van der Waals surface area contributed by atoms with Gasteiger partial charge < -0.3 is 9.84 Å². The summed E-state index contributed by atoms with van der Waals surface area (Å²) >= 11 is 3.17. The molecule has 0 unspecified atom stereocenters. The fourth-order valence-corrected chi connectivity index (χ4v) is 2.27. The Hall–Kier alpha value is -2.13. The number of hydrogen-bond acceptors (Lipinski definition) is 4. The molecule has 0 fully saturated rings. The van der Waals surface area contributed by atoms with Gasteiger partial charge in [0.25, 0.3) is 0 Å². The number of nitro groups is 1. The normalized spacial score (nSPS) is 11.3. The van der Waals surface area contributed by atoms with Crippen LogP contribution in [0, 0.1) is 10.1 Å². The highest BCUT2D eigenvalue weighted by Crippen LogP contribution is 2.39. The van der Waals surface area contributed by atoms with Crippen molar-refractivity contribution in [3.63, 3.8) is 0 Å². The van der Waals surface area contributed by atoms with Crippen LogP contribution in [0.4, 0.5) is 18.9 Å². The summed E-state index contributed by atoms with van der Waals surface area (Å²) in [6.07, 6.45) is -4.69. The van der Waals surface area contributed by atoms with Gasteiger partial charge in [-0.05, 0) is 45.8 Å². The Bertz CT molecular complexity index is 749. The zero-order valence-corrected chi connectivity index (χ0v) is 12.9. The van der Waals surface area contributed by atoms with Crippen molar-refractivity contribution in [2.75, 3.05) is 0 Å². The first-order chi connectivity index (χ1) is 10.7. The number of nitrogens with zero attached hydrogens (tertiary/aromatic N) is 1. The van der Waals surface area contributed by atoms with Gasteiger partial charge in [-0.3, -0.25) is 10.1 Å². The maximum atomic E-state index is 12.6. The lowest BCUT2D eigenvalue weighted by Crippen LogP contribution is -2.06. The second-order valence-electron chi connectivity index (χ2n) is 4.46. The number of halogens is 4. The Morgan fingerprint density at radius 3 is 2.35 bits per heavy atom. The predicted octanol–water partition coefficient (Wildman–Crippen LogP) is 4.66. The minimum atomic E-state index is -4.69. The maximum Gasteiger partial charge on any atom is 0.416 e. The van der Waals surface area contributed by atoms with Crippen molar-refractivity contribution in [2.24, 2.45) is 0 Å². The van der Waals surface area contributed by atoms with Crippen molar-refractivity contribution in [3.8, 4) is 11.5 Å². The van der Waals surface area contributed by atoms with Gasteiger partial charge in [-0.2, -0.15) is 13.2 Å². The van der Waals surface area contributed by atoms with E-state index in [2.05, 4.69) is 15.9 Å². The Morgan fingerprint density at radius 2 is 1.83 bits per heavy atom. The van der Waals surface area contributed by atoms with E-state index in [-0.39, 0.29) is 18.1 Å².